The highest BCUT2D eigenvalue weighted by Gasteiger charge is 2.26. The summed E-state index contributed by atoms with van der Waals surface area (Å²) in [6, 6.07) is 8.73. The highest BCUT2D eigenvalue weighted by molar-refractivity contribution is 5.55. The SMILES string of the molecule is COc1ccnc(N2CCN(C(C)c3nc(-c4ccc(C)c(F)c4)no3)CC2)c1. The quantitative estimate of drug-likeness (QED) is 0.653. The van der Waals surface area contributed by atoms with Crippen LogP contribution >= 0.6 is 0 Å². The van der Waals surface area contributed by atoms with Crippen LogP contribution in [0.4, 0.5) is 10.2 Å². The Morgan fingerprint density at radius 2 is 1.93 bits per heavy atom. The van der Waals surface area contributed by atoms with E-state index in [0.717, 1.165) is 37.7 Å². The zero-order valence-corrected chi connectivity index (χ0v) is 16.8. The molecule has 0 spiro atoms. The van der Waals surface area contributed by atoms with Gasteiger partial charge in [0, 0.05) is 44.0 Å². The average molecular weight is 397 g/mol. The van der Waals surface area contributed by atoms with E-state index in [4.69, 9.17) is 9.26 Å². The first-order chi connectivity index (χ1) is 14.0. The van der Waals surface area contributed by atoms with Gasteiger partial charge < -0.3 is 14.2 Å². The molecule has 4 rings (SSSR count). The van der Waals surface area contributed by atoms with Crippen molar-refractivity contribution in [3.63, 3.8) is 0 Å². The van der Waals surface area contributed by atoms with Crippen LogP contribution in [0.15, 0.2) is 41.1 Å². The fourth-order valence-electron chi connectivity index (χ4n) is 3.45. The van der Waals surface area contributed by atoms with Crippen LogP contribution in [0.1, 0.15) is 24.4 Å². The fourth-order valence-corrected chi connectivity index (χ4v) is 3.45. The highest BCUT2D eigenvalue weighted by atomic mass is 19.1. The van der Waals surface area contributed by atoms with Crippen molar-refractivity contribution in [2.24, 2.45) is 0 Å². The van der Waals surface area contributed by atoms with E-state index in [2.05, 4.69) is 24.9 Å². The van der Waals surface area contributed by atoms with Gasteiger partial charge >= 0.3 is 0 Å². The number of ether oxygens (including phenoxy) is 1. The van der Waals surface area contributed by atoms with Gasteiger partial charge in [-0.1, -0.05) is 17.3 Å². The van der Waals surface area contributed by atoms with Gasteiger partial charge in [0.05, 0.1) is 13.2 Å². The van der Waals surface area contributed by atoms with E-state index in [1.165, 1.54) is 6.07 Å². The summed E-state index contributed by atoms with van der Waals surface area (Å²) in [6.07, 6.45) is 1.76. The first-order valence-electron chi connectivity index (χ1n) is 9.64. The van der Waals surface area contributed by atoms with E-state index in [1.807, 2.05) is 19.1 Å². The normalized spacial score (nSPS) is 16.1. The lowest BCUT2D eigenvalue weighted by Crippen LogP contribution is -2.47. The molecule has 2 aromatic heterocycles. The van der Waals surface area contributed by atoms with Gasteiger partial charge in [0.1, 0.15) is 17.4 Å². The third kappa shape index (κ3) is 4.07. The molecule has 1 atom stereocenters. The summed E-state index contributed by atoms with van der Waals surface area (Å²) < 4.78 is 24.6. The molecule has 0 aliphatic carbocycles. The zero-order valence-electron chi connectivity index (χ0n) is 16.8. The number of nitrogens with zero attached hydrogens (tertiary/aromatic N) is 5. The van der Waals surface area contributed by atoms with E-state index in [1.54, 1.807) is 32.4 Å². The van der Waals surface area contributed by atoms with E-state index < -0.39 is 0 Å². The van der Waals surface area contributed by atoms with Crippen LogP contribution in [0.2, 0.25) is 0 Å². The minimum atomic E-state index is -0.274. The number of hydrogen-bond donors (Lipinski definition) is 0. The van der Waals surface area contributed by atoms with Gasteiger partial charge in [-0.25, -0.2) is 9.37 Å². The number of aryl methyl sites for hydroxylation is 1. The van der Waals surface area contributed by atoms with Crippen molar-refractivity contribution in [2.45, 2.75) is 19.9 Å². The Kier molecular flexibility index (Phi) is 5.44. The molecule has 1 fully saturated rings. The van der Waals surface area contributed by atoms with E-state index in [9.17, 15) is 4.39 Å². The maximum atomic E-state index is 13.8. The van der Waals surface area contributed by atoms with Crippen molar-refractivity contribution in [3.05, 3.63) is 53.8 Å². The Morgan fingerprint density at radius 3 is 2.66 bits per heavy atom. The lowest BCUT2D eigenvalue weighted by molar-refractivity contribution is 0.164. The number of benzene rings is 1. The molecule has 0 radical (unpaired) electrons. The maximum absolute atomic E-state index is 13.8. The molecule has 8 heteroatoms. The molecule has 0 saturated carbocycles. The molecule has 1 aliphatic rings. The van der Waals surface area contributed by atoms with Crippen LogP contribution < -0.4 is 9.64 Å². The van der Waals surface area contributed by atoms with Gasteiger partial charge in [0.2, 0.25) is 11.7 Å². The van der Waals surface area contributed by atoms with Crippen LogP contribution in [0.3, 0.4) is 0 Å². The average Bonchev–Trinajstić information content (AvgIpc) is 3.25. The Labute approximate surface area is 169 Å². The van der Waals surface area contributed by atoms with Gasteiger partial charge in [-0.15, -0.1) is 0 Å². The van der Waals surface area contributed by atoms with Crippen molar-refractivity contribution in [2.75, 3.05) is 38.2 Å². The predicted molar refractivity (Wildman–Crippen MR) is 107 cm³/mol. The van der Waals surface area contributed by atoms with Crippen molar-refractivity contribution >= 4 is 5.82 Å². The largest absolute Gasteiger partial charge is 0.497 e. The first kappa shape index (κ1) is 19.3. The molecule has 7 nitrogen and oxygen atoms in total. The summed E-state index contributed by atoms with van der Waals surface area (Å²) in [5, 5.41) is 4.04. The standard InChI is InChI=1S/C21H24FN5O2/c1-14-4-5-16(12-18(14)22)20-24-21(29-25-20)15(2)26-8-10-27(11-9-26)19-13-17(28-3)6-7-23-19/h4-7,12-13,15H,8-11H2,1-3H3. The minimum Gasteiger partial charge on any atom is -0.497 e. The van der Waals surface area contributed by atoms with Gasteiger partial charge in [0.15, 0.2) is 0 Å². The van der Waals surface area contributed by atoms with E-state index in [-0.39, 0.29) is 11.9 Å². The Bertz CT molecular complexity index is 985. The van der Waals surface area contributed by atoms with Gasteiger partial charge in [-0.05, 0) is 31.5 Å². The number of rotatable bonds is 5. The van der Waals surface area contributed by atoms with Gasteiger partial charge in [-0.2, -0.15) is 4.98 Å². The smallest absolute Gasteiger partial charge is 0.244 e. The summed E-state index contributed by atoms with van der Waals surface area (Å²) >= 11 is 0. The van der Waals surface area contributed by atoms with Crippen LogP contribution in [-0.2, 0) is 0 Å². The molecular formula is C21H24FN5O2. The molecule has 1 unspecified atom stereocenters. The highest BCUT2D eigenvalue weighted by Crippen LogP contribution is 2.26. The molecule has 0 amide bonds. The van der Waals surface area contributed by atoms with Crippen LogP contribution in [0.5, 0.6) is 5.75 Å². The van der Waals surface area contributed by atoms with E-state index in [0.29, 0.717) is 22.8 Å². The van der Waals surface area contributed by atoms with Gasteiger partial charge in [-0.3, -0.25) is 4.90 Å². The maximum Gasteiger partial charge on any atom is 0.244 e. The molecule has 3 aromatic rings. The summed E-state index contributed by atoms with van der Waals surface area (Å²) in [5.41, 5.74) is 1.21. The molecule has 1 saturated heterocycles. The van der Waals surface area contributed by atoms with Crippen LogP contribution in [0, 0.1) is 12.7 Å². The first-order valence-corrected chi connectivity index (χ1v) is 9.64. The third-order valence-corrected chi connectivity index (χ3v) is 5.37. The number of aromatic nitrogens is 3. The Morgan fingerprint density at radius 1 is 1.14 bits per heavy atom. The number of hydrogen-bond acceptors (Lipinski definition) is 7. The van der Waals surface area contributed by atoms with Gasteiger partial charge in [0.25, 0.3) is 0 Å². The summed E-state index contributed by atoms with van der Waals surface area (Å²) in [6.45, 7) is 7.15. The summed E-state index contributed by atoms with van der Waals surface area (Å²) in [5.74, 6) is 2.39. The minimum absolute atomic E-state index is 0.0213. The van der Waals surface area contributed by atoms with E-state index >= 15 is 0 Å². The third-order valence-electron chi connectivity index (χ3n) is 5.37. The van der Waals surface area contributed by atoms with Crippen molar-refractivity contribution < 1.29 is 13.7 Å². The van der Waals surface area contributed by atoms with Crippen molar-refractivity contribution in [1.29, 1.82) is 0 Å². The lowest BCUT2D eigenvalue weighted by Gasteiger charge is -2.37. The molecule has 0 bridgehead atoms. The molecule has 1 aliphatic heterocycles. The second-order valence-corrected chi connectivity index (χ2v) is 7.17. The molecule has 0 N–H and O–H groups in total. The Balaban J connectivity index is 1.41. The number of anilines is 1. The molecule has 3 heterocycles. The second kappa shape index (κ2) is 8.16. The number of pyridine rings is 1. The van der Waals surface area contributed by atoms with Crippen molar-refractivity contribution in [3.8, 4) is 17.1 Å². The fraction of sp³-hybridized carbons (Fsp3) is 0.381. The zero-order chi connectivity index (χ0) is 20.4. The van der Waals surface area contributed by atoms with Crippen molar-refractivity contribution in [1.82, 2.24) is 20.0 Å². The van der Waals surface area contributed by atoms with Crippen LogP contribution in [-0.4, -0.2) is 53.3 Å². The monoisotopic (exact) mass is 397 g/mol. The molecular weight excluding hydrogens is 373 g/mol. The number of halogens is 1. The predicted octanol–water partition coefficient (Wildman–Crippen LogP) is 3.47. The molecule has 152 valence electrons. The summed E-state index contributed by atoms with van der Waals surface area (Å²) in [7, 11) is 1.66. The molecule has 29 heavy (non-hydrogen) atoms. The number of piperazine rings is 1. The Hall–Kier alpha value is -3.00. The topological polar surface area (TPSA) is 67.5 Å². The summed E-state index contributed by atoms with van der Waals surface area (Å²) in [4.78, 5) is 13.5. The lowest BCUT2D eigenvalue weighted by atomic mass is 10.1. The van der Waals surface area contributed by atoms with Crippen LogP contribution in [0.25, 0.3) is 11.4 Å². The second-order valence-electron chi connectivity index (χ2n) is 7.17. The number of methoxy groups -OCH3 is 1. The molecule has 1 aromatic carbocycles.